The third-order valence-electron chi connectivity index (χ3n) is 4.38. The highest BCUT2D eigenvalue weighted by molar-refractivity contribution is 7.09. The number of rotatable bonds is 5. The quantitative estimate of drug-likeness (QED) is 0.832. The van der Waals surface area contributed by atoms with Gasteiger partial charge in [-0.3, -0.25) is 4.79 Å². The predicted octanol–water partition coefficient (Wildman–Crippen LogP) is 2.81. The van der Waals surface area contributed by atoms with Crippen LogP contribution in [0.1, 0.15) is 33.0 Å². The lowest BCUT2D eigenvalue weighted by atomic mass is 10.1. The second kappa shape index (κ2) is 7.07. The minimum Gasteiger partial charge on any atom is -0.338 e. The molecule has 5 nitrogen and oxygen atoms in total. The van der Waals surface area contributed by atoms with Crippen molar-refractivity contribution in [3.63, 3.8) is 0 Å². The lowest BCUT2D eigenvalue weighted by molar-refractivity contribution is 0.0783. The van der Waals surface area contributed by atoms with Crippen molar-refractivity contribution in [3.05, 3.63) is 32.7 Å². The maximum Gasteiger partial charge on any atom is 0.256 e. The summed E-state index contributed by atoms with van der Waals surface area (Å²) in [6, 6.07) is 0. The summed E-state index contributed by atoms with van der Waals surface area (Å²) in [4.78, 5) is 22.5. The van der Waals surface area contributed by atoms with E-state index in [0.29, 0.717) is 5.92 Å². The fourth-order valence-electron chi connectivity index (χ4n) is 3.06. The molecule has 1 amide bonds. The summed E-state index contributed by atoms with van der Waals surface area (Å²) in [5.41, 5.74) is 4.65. The van der Waals surface area contributed by atoms with Crippen molar-refractivity contribution >= 4 is 28.8 Å². The Morgan fingerprint density at radius 3 is 2.91 bits per heavy atom. The first-order valence-corrected chi connectivity index (χ1v) is 9.54. The van der Waals surface area contributed by atoms with Gasteiger partial charge in [0.25, 0.3) is 5.91 Å². The summed E-state index contributed by atoms with van der Waals surface area (Å²) in [7, 11) is 2.15. The fraction of sp³-hybridized carbons (Fsp3) is 0.562. The smallest absolute Gasteiger partial charge is 0.256 e. The highest BCUT2D eigenvalue weighted by Crippen LogP contribution is 2.22. The standard InChI is InChI=1S/C16H22N4OS2/c1-11-14(9-23-18-11)16(21)20-5-4-13(7-20)6-19(3)8-15-12(2)17-10-22-15/h9-10,13H,4-8H2,1-3H3/t13-/m1/s1. The monoisotopic (exact) mass is 350 g/mol. The molecule has 1 saturated heterocycles. The average Bonchev–Trinajstić information content (AvgIpc) is 3.22. The molecule has 1 aliphatic rings. The number of carbonyl (C=O) groups is 1. The summed E-state index contributed by atoms with van der Waals surface area (Å²) in [6.45, 7) is 7.62. The number of nitrogens with zero attached hydrogens (tertiary/aromatic N) is 4. The Hall–Kier alpha value is -1.31. The van der Waals surface area contributed by atoms with Gasteiger partial charge in [-0.05, 0) is 44.8 Å². The van der Waals surface area contributed by atoms with Gasteiger partial charge in [-0.1, -0.05) is 0 Å². The molecular weight excluding hydrogens is 328 g/mol. The summed E-state index contributed by atoms with van der Waals surface area (Å²) < 4.78 is 4.21. The minimum atomic E-state index is 0.139. The lowest BCUT2D eigenvalue weighted by Crippen LogP contribution is -2.31. The van der Waals surface area contributed by atoms with E-state index in [0.717, 1.165) is 49.6 Å². The second-order valence-corrected chi connectivity index (χ2v) is 7.85. The van der Waals surface area contributed by atoms with E-state index in [1.165, 1.54) is 16.4 Å². The van der Waals surface area contributed by atoms with Gasteiger partial charge in [-0.2, -0.15) is 4.37 Å². The van der Waals surface area contributed by atoms with E-state index in [-0.39, 0.29) is 5.91 Å². The van der Waals surface area contributed by atoms with E-state index in [2.05, 4.69) is 28.2 Å². The van der Waals surface area contributed by atoms with Gasteiger partial charge in [-0.15, -0.1) is 11.3 Å². The van der Waals surface area contributed by atoms with Crippen LogP contribution in [0.3, 0.4) is 0 Å². The van der Waals surface area contributed by atoms with Crippen LogP contribution < -0.4 is 0 Å². The van der Waals surface area contributed by atoms with E-state index in [9.17, 15) is 4.79 Å². The van der Waals surface area contributed by atoms with E-state index >= 15 is 0 Å². The molecule has 0 saturated carbocycles. The van der Waals surface area contributed by atoms with Crippen LogP contribution in [0, 0.1) is 19.8 Å². The zero-order valence-electron chi connectivity index (χ0n) is 13.8. The van der Waals surface area contributed by atoms with E-state index < -0.39 is 0 Å². The zero-order chi connectivity index (χ0) is 16.4. The van der Waals surface area contributed by atoms with Crippen molar-refractivity contribution in [1.29, 1.82) is 0 Å². The van der Waals surface area contributed by atoms with Gasteiger partial charge in [0.15, 0.2) is 0 Å². The lowest BCUT2D eigenvalue weighted by Gasteiger charge is -2.21. The normalized spacial score (nSPS) is 18.1. The average molecular weight is 351 g/mol. The van der Waals surface area contributed by atoms with Crippen LogP contribution >= 0.6 is 22.9 Å². The van der Waals surface area contributed by atoms with Crippen molar-refractivity contribution in [2.75, 3.05) is 26.7 Å². The Morgan fingerprint density at radius 1 is 1.43 bits per heavy atom. The molecule has 124 valence electrons. The van der Waals surface area contributed by atoms with Crippen LogP contribution in [-0.4, -0.2) is 51.7 Å². The largest absolute Gasteiger partial charge is 0.338 e. The highest BCUT2D eigenvalue weighted by atomic mass is 32.1. The molecule has 3 rings (SSSR count). The summed E-state index contributed by atoms with van der Waals surface area (Å²) in [6.07, 6.45) is 1.08. The Labute approximate surface area is 145 Å². The topological polar surface area (TPSA) is 49.3 Å². The molecule has 0 aliphatic carbocycles. The number of aromatic nitrogens is 2. The minimum absolute atomic E-state index is 0.139. The maximum absolute atomic E-state index is 12.5. The van der Waals surface area contributed by atoms with Crippen molar-refractivity contribution in [3.8, 4) is 0 Å². The van der Waals surface area contributed by atoms with Crippen LogP contribution in [-0.2, 0) is 6.54 Å². The van der Waals surface area contributed by atoms with E-state index in [1.807, 2.05) is 22.7 Å². The molecule has 2 aromatic rings. The van der Waals surface area contributed by atoms with Gasteiger partial charge in [0.1, 0.15) is 0 Å². The van der Waals surface area contributed by atoms with E-state index in [1.54, 1.807) is 11.3 Å². The SMILES string of the molecule is Cc1nscc1C(=O)N1CC[C@H](CN(C)Cc2scnc2C)C1. The zero-order valence-corrected chi connectivity index (χ0v) is 15.4. The molecular formula is C16H22N4OS2. The van der Waals surface area contributed by atoms with Gasteiger partial charge in [0.05, 0.1) is 22.5 Å². The fourth-order valence-corrected chi connectivity index (χ4v) is 4.60. The molecule has 0 bridgehead atoms. The maximum atomic E-state index is 12.5. The Bertz CT molecular complexity index is 681. The molecule has 0 radical (unpaired) electrons. The van der Waals surface area contributed by atoms with Crippen LogP contribution in [0.4, 0.5) is 0 Å². The summed E-state index contributed by atoms with van der Waals surface area (Å²) in [5.74, 6) is 0.684. The molecule has 0 spiro atoms. The first-order valence-electron chi connectivity index (χ1n) is 7.82. The Morgan fingerprint density at radius 2 is 2.26 bits per heavy atom. The predicted molar refractivity (Wildman–Crippen MR) is 94.0 cm³/mol. The molecule has 23 heavy (non-hydrogen) atoms. The number of thiazole rings is 1. The van der Waals surface area contributed by atoms with Crippen molar-refractivity contribution in [2.45, 2.75) is 26.8 Å². The third-order valence-corrected chi connectivity index (χ3v) is 6.02. The second-order valence-electron chi connectivity index (χ2n) is 6.28. The number of hydrogen-bond acceptors (Lipinski definition) is 6. The van der Waals surface area contributed by atoms with Crippen molar-refractivity contribution in [2.24, 2.45) is 5.92 Å². The molecule has 3 heterocycles. The van der Waals surface area contributed by atoms with Gasteiger partial charge in [0.2, 0.25) is 0 Å². The molecule has 1 aliphatic heterocycles. The van der Waals surface area contributed by atoms with E-state index in [4.69, 9.17) is 0 Å². The number of aryl methyl sites for hydroxylation is 2. The first kappa shape index (κ1) is 16.5. The van der Waals surface area contributed by atoms with Crippen molar-refractivity contribution in [1.82, 2.24) is 19.2 Å². The van der Waals surface area contributed by atoms with Gasteiger partial charge >= 0.3 is 0 Å². The summed E-state index contributed by atoms with van der Waals surface area (Å²) in [5, 5.41) is 1.86. The Balaban J connectivity index is 1.53. The van der Waals surface area contributed by atoms with Gasteiger partial charge in [-0.25, -0.2) is 4.98 Å². The summed E-state index contributed by atoms with van der Waals surface area (Å²) >= 11 is 3.08. The molecule has 0 unspecified atom stereocenters. The number of amides is 1. The van der Waals surface area contributed by atoms with Crippen LogP contribution in [0.15, 0.2) is 10.9 Å². The molecule has 0 aromatic carbocycles. The molecule has 1 atom stereocenters. The van der Waals surface area contributed by atoms with Crippen LogP contribution in [0.25, 0.3) is 0 Å². The van der Waals surface area contributed by atoms with Crippen LogP contribution in [0.2, 0.25) is 0 Å². The molecule has 1 fully saturated rings. The van der Waals surface area contributed by atoms with Crippen molar-refractivity contribution < 1.29 is 4.79 Å². The third kappa shape index (κ3) is 3.79. The molecule has 2 aromatic heterocycles. The first-order chi connectivity index (χ1) is 11.0. The van der Waals surface area contributed by atoms with Crippen LogP contribution in [0.5, 0.6) is 0 Å². The van der Waals surface area contributed by atoms with Gasteiger partial charge in [0, 0.05) is 36.4 Å². The number of carbonyl (C=O) groups excluding carboxylic acids is 1. The number of likely N-dealkylation sites (tertiary alicyclic amines) is 1. The number of hydrogen-bond donors (Lipinski definition) is 0. The molecule has 0 N–H and O–H groups in total. The highest BCUT2D eigenvalue weighted by Gasteiger charge is 2.29. The Kier molecular flexibility index (Phi) is 5.08. The molecule has 7 heteroatoms. The van der Waals surface area contributed by atoms with Gasteiger partial charge < -0.3 is 9.80 Å².